The van der Waals surface area contributed by atoms with Crippen LogP contribution >= 0.6 is 0 Å². The molecule has 0 fully saturated rings. The quantitative estimate of drug-likeness (QED) is 0.596. The zero-order chi connectivity index (χ0) is 9.19. The molecule has 0 spiro atoms. The van der Waals surface area contributed by atoms with E-state index in [-0.39, 0.29) is 0 Å². The second-order valence-electron chi connectivity index (χ2n) is 4.77. The van der Waals surface area contributed by atoms with Gasteiger partial charge in [-0.2, -0.15) is 0 Å². The molecule has 12 heavy (non-hydrogen) atoms. The minimum atomic E-state index is -1.34. The highest BCUT2D eigenvalue weighted by Gasteiger charge is 2.20. The first-order chi connectivity index (χ1) is 5.47. The van der Waals surface area contributed by atoms with Gasteiger partial charge >= 0.3 is 0 Å². The molecule has 0 aromatic carbocycles. The summed E-state index contributed by atoms with van der Waals surface area (Å²) in [6.07, 6.45) is 5.97. The highest BCUT2D eigenvalue weighted by molar-refractivity contribution is 6.70. The average Bonchev–Trinajstić information content (AvgIpc) is 1.82. The summed E-state index contributed by atoms with van der Waals surface area (Å²) in [6, 6.07) is 0. The van der Waals surface area contributed by atoms with Gasteiger partial charge in [-0.15, -0.1) is 0 Å². The van der Waals surface area contributed by atoms with E-state index >= 15 is 0 Å². The zero-order valence-corrected chi connectivity index (χ0v) is 9.68. The maximum Gasteiger partial charge on any atom is 0.241 e. The monoisotopic (exact) mass is 184 g/mol. The molecule has 0 aromatic heterocycles. The summed E-state index contributed by atoms with van der Waals surface area (Å²) in [6.45, 7) is 9.04. The Balaban J connectivity index is 2.47. The molecule has 1 aliphatic carbocycles. The first-order valence-corrected chi connectivity index (χ1v) is 8.26. The highest BCUT2D eigenvalue weighted by atomic mass is 28.4. The van der Waals surface area contributed by atoms with Gasteiger partial charge in [-0.25, -0.2) is 0 Å². The van der Waals surface area contributed by atoms with E-state index in [1.54, 1.807) is 0 Å². The topological polar surface area (TPSA) is 9.23 Å². The summed E-state index contributed by atoms with van der Waals surface area (Å²) in [7, 11) is -1.34. The van der Waals surface area contributed by atoms with E-state index < -0.39 is 8.32 Å². The summed E-state index contributed by atoms with van der Waals surface area (Å²) in [4.78, 5) is 0. The van der Waals surface area contributed by atoms with Gasteiger partial charge < -0.3 is 4.43 Å². The number of allylic oxidation sites excluding steroid dienone is 2. The molecule has 1 aliphatic rings. The lowest BCUT2D eigenvalue weighted by molar-refractivity contribution is 0.342. The Bertz CT molecular complexity index is 179. The standard InChI is InChI=1S/C10H20OSi/c1-9-6-5-7-10(8-9)11-12(2,3)4/h7,9H,5-6,8H2,1-4H3/t9-/m0/s1. The molecular formula is C10H20OSi. The minimum absolute atomic E-state index is 0.821. The van der Waals surface area contributed by atoms with Crippen molar-refractivity contribution in [2.45, 2.75) is 45.8 Å². The Labute approximate surface area is 76.9 Å². The lowest BCUT2D eigenvalue weighted by Gasteiger charge is -2.26. The fraction of sp³-hybridized carbons (Fsp3) is 0.800. The smallest absolute Gasteiger partial charge is 0.241 e. The fourth-order valence-corrected chi connectivity index (χ4v) is 2.49. The molecule has 0 N–H and O–H groups in total. The van der Waals surface area contributed by atoms with Gasteiger partial charge in [-0.3, -0.25) is 0 Å². The van der Waals surface area contributed by atoms with Crippen LogP contribution in [0.15, 0.2) is 11.8 Å². The molecule has 0 bridgehead atoms. The van der Waals surface area contributed by atoms with Crippen LogP contribution in [0, 0.1) is 5.92 Å². The summed E-state index contributed by atoms with van der Waals surface area (Å²) in [5.74, 6) is 2.08. The minimum Gasteiger partial charge on any atom is -0.548 e. The van der Waals surface area contributed by atoms with Crippen LogP contribution in [0.25, 0.3) is 0 Å². The van der Waals surface area contributed by atoms with Crippen molar-refractivity contribution in [1.82, 2.24) is 0 Å². The Morgan fingerprint density at radius 1 is 1.42 bits per heavy atom. The van der Waals surface area contributed by atoms with Gasteiger partial charge in [0.25, 0.3) is 0 Å². The van der Waals surface area contributed by atoms with E-state index in [2.05, 4.69) is 32.6 Å². The number of hydrogen-bond donors (Lipinski definition) is 0. The van der Waals surface area contributed by atoms with Gasteiger partial charge in [0.1, 0.15) is 0 Å². The Kier molecular flexibility index (Phi) is 2.99. The molecule has 0 heterocycles. The van der Waals surface area contributed by atoms with Crippen molar-refractivity contribution < 1.29 is 4.43 Å². The molecule has 2 heteroatoms. The van der Waals surface area contributed by atoms with E-state index in [9.17, 15) is 0 Å². The van der Waals surface area contributed by atoms with E-state index in [1.165, 1.54) is 18.6 Å². The van der Waals surface area contributed by atoms with E-state index in [1.807, 2.05) is 0 Å². The van der Waals surface area contributed by atoms with Crippen molar-refractivity contribution in [3.8, 4) is 0 Å². The third kappa shape index (κ3) is 3.44. The van der Waals surface area contributed by atoms with Crippen LogP contribution in [-0.2, 0) is 4.43 Å². The second-order valence-corrected chi connectivity index (χ2v) is 9.20. The van der Waals surface area contributed by atoms with Crippen molar-refractivity contribution in [3.63, 3.8) is 0 Å². The molecule has 0 saturated carbocycles. The van der Waals surface area contributed by atoms with Crippen molar-refractivity contribution in [2.75, 3.05) is 0 Å². The largest absolute Gasteiger partial charge is 0.548 e. The van der Waals surface area contributed by atoms with Gasteiger partial charge in [-0.1, -0.05) is 6.92 Å². The molecule has 0 radical (unpaired) electrons. The van der Waals surface area contributed by atoms with Gasteiger partial charge in [0.2, 0.25) is 8.32 Å². The normalized spacial score (nSPS) is 25.0. The maximum atomic E-state index is 5.95. The molecule has 0 saturated heterocycles. The Morgan fingerprint density at radius 3 is 2.58 bits per heavy atom. The molecule has 0 unspecified atom stereocenters. The fourth-order valence-electron chi connectivity index (χ4n) is 1.53. The van der Waals surface area contributed by atoms with Gasteiger partial charge in [0, 0.05) is 6.42 Å². The molecule has 1 nitrogen and oxygen atoms in total. The van der Waals surface area contributed by atoms with Crippen LogP contribution in [0.5, 0.6) is 0 Å². The summed E-state index contributed by atoms with van der Waals surface area (Å²) >= 11 is 0. The molecule has 0 aliphatic heterocycles. The van der Waals surface area contributed by atoms with E-state index in [0.717, 1.165) is 12.3 Å². The van der Waals surface area contributed by atoms with Crippen molar-refractivity contribution in [3.05, 3.63) is 11.8 Å². The summed E-state index contributed by atoms with van der Waals surface area (Å²) < 4.78 is 5.95. The van der Waals surface area contributed by atoms with Crippen LogP contribution < -0.4 is 0 Å². The van der Waals surface area contributed by atoms with Crippen LogP contribution in [-0.4, -0.2) is 8.32 Å². The van der Waals surface area contributed by atoms with Gasteiger partial charge in [0.15, 0.2) is 0 Å². The molecule has 0 amide bonds. The van der Waals surface area contributed by atoms with Crippen molar-refractivity contribution in [2.24, 2.45) is 5.92 Å². The SMILES string of the molecule is C[C@H]1CCC=C(O[Si](C)(C)C)C1. The lowest BCUT2D eigenvalue weighted by atomic mass is 9.95. The Hall–Kier alpha value is -0.243. The van der Waals surface area contributed by atoms with Crippen molar-refractivity contribution in [1.29, 1.82) is 0 Å². The van der Waals surface area contributed by atoms with Crippen LogP contribution in [0.3, 0.4) is 0 Å². The molecule has 1 atom stereocenters. The van der Waals surface area contributed by atoms with Crippen LogP contribution in [0.2, 0.25) is 19.6 Å². The van der Waals surface area contributed by atoms with Gasteiger partial charge in [0.05, 0.1) is 5.76 Å². The predicted molar refractivity (Wildman–Crippen MR) is 55.5 cm³/mol. The van der Waals surface area contributed by atoms with Gasteiger partial charge in [-0.05, 0) is 44.5 Å². The highest BCUT2D eigenvalue weighted by Crippen LogP contribution is 2.26. The van der Waals surface area contributed by atoms with Crippen LogP contribution in [0.4, 0.5) is 0 Å². The maximum absolute atomic E-state index is 5.95. The average molecular weight is 184 g/mol. The number of rotatable bonds is 2. The third-order valence-electron chi connectivity index (χ3n) is 2.02. The number of hydrogen-bond acceptors (Lipinski definition) is 1. The summed E-state index contributed by atoms with van der Waals surface area (Å²) in [5, 5.41) is 0. The molecule has 70 valence electrons. The molecule has 1 rings (SSSR count). The Morgan fingerprint density at radius 2 is 2.08 bits per heavy atom. The van der Waals surface area contributed by atoms with E-state index in [4.69, 9.17) is 4.43 Å². The molecular weight excluding hydrogens is 164 g/mol. The van der Waals surface area contributed by atoms with Crippen LogP contribution in [0.1, 0.15) is 26.2 Å². The van der Waals surface area contributed by atoms with Crippen molar-refractivity contribution >= 4 is 8.32 Å². The van der Waals surface area contributed by atoms with E-state index in [0.29, 0.717) is 0 Å². The first kappa shape index (κ1) is 9.84. The predicted octanol–water partition coefficient (Wildman–Crippen LogP) is 3.54. The third-order valence-corrected chi connectivity index (χ3v) is 2.89. The molecule has 0 aromatic rings. The second kappa shape index (κ2) is 3.65. The zero-order valence-electron chi connectivity index (χ0n) is 8.68. The first-order valence-electron chi connectivity index (χ1n) is 4.85. The lowest BCUT2D eigenvalue weighted by Crippen LogP contribution is -2.26. The summed E-state index contributed by atoms with van der Waals surface area (Å²) in [5.41, 5.74) is 0.